The molecule has 17 heavy (non-hydrogen) atoms. The highest BCUT2D eigenvalue weighted by molar-refractivity contribution is 5.85. The molecule has 1 amide bonds. The van der Waals surface area contributed by atoms with Gasteiger partial charge in [0.1, 0.15) is 0 Å². The first kappa shape index (κ1) is 13.6. The normalized spacial score (nSPS) is 13.3. The van der Waals surface area contributed by atoms with Crippen LogP contribution in [0.2, 0.25) is 0 Å². The summed E-state index contributed by atoms with van der Waals surface area (Å²) < 4.78 is 25.7. The molecule has 1 unspecified atom stereocenters. The van der Waals surface area contributed by atoms with Gasteiger partial charge in [0.2, 0.25) is 5.91 Å². The Morgan fingerprint density at radius 1 is 1.35 bits per heavy atom. The Balaban J connectivity index is 2.80. The number of nitrogens with two attached hydrogens (primary N) is 1. The molecule has 0 radical (unpaired) electrons. The molecule has 0 heterocycles. The van der Waals surface area contributed by atoms with Crippen LogP contribution in [0.25, 0.3) is 0 Å². The number of halogens is 2. The average Bonchev–Trinajstić information content (AvgIpc) is 2.20. The molecule has 0 fully saturated rings. The van der Waals surface area contributed by atoms with Gasteiger partial charge in [-0.05, 0) is 38.5 Å². The molecule has 5 heteroatoms. The van der Waals surface area contributed by atoms with Crippen LogP contribution < -0.4 is 11.1 Å². The Kier molecular flexibility index (Phi) is 3.83. The number of hydrogen-bond acceptors (Lipinski definition) is 2. The first-order chi connectivity index (χ1) is 7.71. The maximum atomic E-state index is 13.0. The first-order valence-corrected chi connectivity index (χ1v) is 5.26. The predicted molar refractivity (Wildman–Crippen MR) is 61.2 cm³/mol. The van der Waals surface area contributed by atoms with Crippen LogP contribution in [0.1, 0.15) is 32.4 Å². The van der Waals surface area contributed by atoms with Gasteiger partial charge in [-0.15, -0.1) is 0 Å². The number of benzene rings is 1. The monoisotopic (exact) mass is 242 g/mol. The molecule has 0 saturated heterocycles. The molecule has 0 bridgehead atoms. The van der Waals surface area contributed by atoms with E-state index in [9.17, 15) is 13.6 Å². The Bertz CT molecular complexity index is 427. The van der Waals surface area contributed by atoms with Crippen molar-refractivity contribution in [1.29, 1.82) is 0 Å². The first-order valence-electron chi connectivity index (χ1n) is 5.26. The molecular weight excluding hydrogens is 226 g/mol. The highest BCUT2D eigenvalue weighted by atomic mass is 19.2. The van der Waals surface area contributed by atoms with Gasteiger partial charge in [0.15, 0.2) is 11.6 Å². The van der Waals surface area contributed by atoms with Crippen LogP contribution in [0.3, 0.4) is 0 Å². The SMILES string of the molecule is CC(NC(=O)C(C)(C)N)c1ccc(F)c(F)c1. The number of rotatable bonds is 3. The molecule has 1 aromatic rings. The van der Waals surface area contributed by atoms with Crippen molar-refractivity contribution in [3.05, 3.63) is 35.4 Å². The summed E-state index contributed by atoms with van der Waals surface area (Å²) in [5.74, 6) is -2.20. The van der Waals surface area contributed by atoms with Gasteiger partial charge >= 0.3 is 0 Å². The molecule has 1 aromatic carbocycles. The van der Waals surface area contributed by atoms with Crippen molar-refractivity contribution in [2.45, 2.75) is 32.4 Å². The van der Waals surface area contributed by atoms with Gasteiger partial charge in [0.05, 0.1) is 11.6 Å². The molecule has 3 nitrogen and oxygen atoms in total. The van der Waals surface area contributed by atoms with Crippen LogP contribution in [0, 0.1) is 11.6 Å². The third-order valence-corrected chi connectivity index (χ3v) is 2.38. The Morgan fingerprint density at radius 3 is 2.41 bits per heavy atom. The number of nitrogens with one attached hydrogen (secondary N) is 1. The molecule has 1 rings (SSSR count). The fourth-order valence-electron chi connectivity index (χ4n) is 1.25. The molecule has 0 aliphatic heterocycles. The van der Waals surface area contributed by atoms with E-state index in [-0.39, 0.29) is 5.91 Å². The van der Waals surface area contributed by atoms with Crippen molar-refractivity contribution in [1.82, 2.24) is 5.32 Å². The van der Waals surface area contributed by atoms with E-state index in [1.54, 1.807) is 20.8 Å². The van der Waals surface area contributed by atoms with Gasteiger partial charge in [-0.1, -0.05) is 6.07 Å². The molecule has 94 valence electrons. The van der Waals surface area contributed by atoms with Crippen molar-refractivity contribution in [3.63, 3.8) is 0 Å². The summed E-state index contributed by atoms with van der Waals surface area (Å²) >= 11 is 0. The molecule has 0 spiro atoms. The van der Waals surface area contributed by atoms with Gasteiger partial charge in [-0.3, -0.25) is 4.79 Å². The Labute approximate surface area is 99.0 Å². The van der Waals surface area contributed by atoms with E-state index in [2.05, 4.69) is 5.32 Å². The van der Waals surface area contributed by atoms with Crippen molar-refractivity contribution in [2.75, 3.05) is 0 Å². The zero-order valence-electron chi connectivity index (χ0n) is 10.1. The number of carbonyl (C=O) groups excluding carboxylic acids is 1. The van der Waals surface area contributed by atoms with Gasteiger partial charge in [0, 0.05) is 0 Å². The van der Waals surface area contributed by atoms with Crippen LogP contribution in [0.4, 0.5) is 8.78 Å². The summed E-state index contributed by atoms with van der Waals surface area (Å²) in [6.07, 6.45) is 0. The summed E-state index contributed by atoms with van der Waals surface area (Å²) in [6.45, 7) is 4.82. The zero-order chi connectivity index (χ0) is 13.2. The lowest BCUT2D eigenvalue weighted by molar-refractivity contribution is -0.125. The van der Waals surface area contributed by atoms with E-state index < -0.39 is 23.2 Å². The number of amides is 1. The minimum Gasteiger partial charge on any atom is -0.348 e. The van der Waals surface area contributed by atoms with Crippen LogP contribution in [-0.4, -0.2) is 11.4 Å². The molecule has 0 aliphatic carbocycles. The van der Waals surface area contributed by atoms with Gasteiger partial charge in [-0.25, -0.2) is 8.78 Å². The zero-order valence-corrected chi connectivity index (χ0v) is 10.1. The van der Waals surface area contributed by atoms with Crippen molar-refractivity contribution in [2.24, 2.45) is 5.73 Å². The third kappa shape index (κ3) is 3.49. The fraction of sp³-hybridized carbons (Fsp3) is 0.417. The van der Waals surface area contributed by atoms with Crippen LogP contribution in [0.5, 0.6) is 0 Å². The van der Waals surface area contributed by atoms with Crippen LogP contribution in [-0.2, 0) is 4.79 Å². The van der Waals surface area contributed by atoms with Crippen LogP contribution in [0.15, 0.2) is 18.2 Å². The average molecular weight is 242 g/mol. The van der Waals surface area contributed by atoms with Crippen LogP contribution >= 0.6 is 0 Å². The quantitative estimate of drug-likeness (QED) is 0.850. The maximum Gasteiger partial charge on any atom is 0.239 e. The second-order valence-electron chi connectivity index (χ2n) is 4.59. The summed E-state index contributed by atoms with van der Waals surface area (Å²) in [4.78, 5) is 11.6. The molecular formula is C12H16F2N2O. The third-order valence-electron chi connectivity index (χ3n) is 2.38. The molecule has 3 N–H and O–H groups in total. The predicted octanol–water partition coefficient (Wildman–Crippen LogP) is 1.88. The van der Waals surface area contributed by atoms with E-state index in [1.807, 2.05) is 0 Å². The summed E-state index contributed by atoms with van der Waals surface area (Å²) in [5.41, 5.74) is 5.09. The maximum absolute atomic E-state index is 13.0. The van der Waals surface area contributed by atoms with Crippen molar-refractivity contribution < 1.29 is 13.6 Å². The second-order valence-corrected chi connectivity index (χ2v) is 4.59. The standard InChI is InChI=1S/C12H16F2N2O/c1-7(16-11(17)12(2,3)15)8-4-5-9(13)10(14)6-8/h4-7H,15H2,1-3H3,(H,16,17). The van der Waals surface area contributed by atoms with Gasteiger partial charge in [-0.2, -0.15) is 0 Å². The largest absolute Gasteiger partial charge is 0.348 e. The van der Waals surface area contributed by atoms with Gasteiger partial charge < -0.3 is 11.1 Å². The summed E-state index contributed by atoms with van der Waals surface area (Å²) in [5, 5.41) is 2.63. The Hall–Kier alpha value is -1.49. The van der Waals surface area contributed by atoms with Crippen molar-refractivity contribution in [3.8, 4) is 0 Å². The summed E-state index contributed by atoms with van der Waals surface area (Å²) in [6, 6.07) is 3.08. The topological polar surface area (TPSA) is 55.1 Å². The van der Waals surface area contributed by atoms with E-state index in [4.69, 9.17) is 5.73 Å². The minimum atomic E-state index is -1.01. The molecule has 1 atom stereocenters. The van der Waals surface area contributed by atoms with E-state index in [0.29, 0.717) is 5.56 Å². The lowest BCUT2D eigenvalue weighted by Crippen LogP contribution is -2.49. The highest BCUT2D eigenvalue weighted by Gasteiger charge is 2.23. The smallest absolute Gasteiger partial charge is 0.239 e. The lowest BCUT2D eigenvalue weighted by Gasteiger charge is -2.22. The minimum absolute atomic E-state index is 0.352. The molecule has 0 aliphatic rings. The lowest BCUT2D eigenvalue weighted by atomic mass is 10.0. The Morgan fingerprint density at radius 2 is 1.94 bits per heavy atom. The van der Waals surface area contributed by atoms with Gasteiger partial charge in [0.25, 0.3) is 0 Å². The molecule has 0 aromatic heterocycles. The summed E-state index contributed by atoms with van der Waals surface area (Å²) in [7, 11) is 0. The number of carbonyl (C=O) groups is 1. The second kappa shape index (κ2) is 4.79. The molecule has 0 saturated carbocycles. The number of hydrogen-bond donors (Lipinski definition) is 2. The van der Waals surface area contributed by atoms with E-state index in [1.165, 1.54) is 6.07 Å². The van der Waals surface area contributed by atoms with E-state index in [0.717, 1.165) is 12.1 Å². The van der Waals surface area contributed by atoms with Crippen molar-refractivity contribution >= 4 is 5.91 Å². The fourth-order valence-corrected chi connectivity index (χ4v) is 1.25. The van der Waals surface area contributed by atoms with E-state index >= 15 is 0 Å². The highest BCUT2D eigenvalue weighted by Crippen LogP contribution is 2.16.